The minimum atomic E-state index is -0.896. The smallest absolute Gasteiger partial charge is 0.154 e. The Morgan fingerprint density at radius 3 is 2.60 bits per heavy atom. The maximum Gasteiger partial charge on any atom is 0.154 e. The molecule has 1 aromatic rings. The quantitative estimate of drug-likeness (QED) is 0.260. The lowest BCUT2D eigenvalue weighted by Gasteiger charge is -2.30. The van der Waals surface area contributed by atoms with E-state index in [2.05, 4.69) is 42.3 Å². The minimum absolute atomic E-state index is 0.439. The van der Waals surface area contributed by atoms with Gasteiger partial charge in [-0.15, -0.1) is 0 Å². The van der Waals surface area contributed by atoms with E-state index in [1.54, 1.807) is 6.92 Å². The highest BCUT2D eigenvalue weighted by molar-refractivity contribution is 5.97. The zero-order valence-corrected chi connectivity index (χ0v) is 25.2. The number of nitrogens with zero attached hydrogens (tertiary/aromatic N) is 5. The van der Waals surface area contributed by atoms with Crippen LogP contribution in [0.3, 0.4) is 0 Å². The predicted molar refractivity (Wildman–Crippen MR) is 159 cm³/mol. The van der Waals surface area contributed by atoms with Crippen molar-refractivity contribution in [2.24, 2.45) is 12.0 Å². The molecule has 1 N–H and O–H groups in total. The van der Waals surface area contributed by atoms with E-state index in [9.17, 15) is 8.78 Å². The van der Waals surface area contributed by atoms with Crippen LogP contribution in [0.15, 0.2) is 75.3 Å². The number of hydrogen-bond donors (Lipinski definition) is 1. The van der Waals surface area contributed by atoms with E-state index < -0.39 is 11.7 Å². The fraction of sp³-hybridized carbons (Fsp3) is 0.484. The van der Waals surface area contributed by atoms with Crippen LogP contribution in [0, 0.1) is 6.92 Å². The van der Waals surface area contributed by atoms with Crippen LogP contribution >= 0.6 is 0 Å². The van der Waals surface area contributed by atoms with Crippen LogP contribution in [-0.4, -0.2) is 72.8 Å². The number of ether oxygens (including phenoxy) is 1. The molecule has 0 saturated carbocycles. The summed E-state index contributed by atoms with van der Waals surface area (Å²) in [5, 5.41) is 7.94. The van der Waals surface area contributed by atoms with Crippen molar-refractivity contribution < 1.29 is 13.5 Å². The van der Waals surface area contributed by atoms with Crippen molar-refractivity contribution in [1.29, 1.82) is 0 Å². The second-order valence-corrected chi connectivity index (χ2v) is 10.5. The summed E-state index contributed by atoms with van der Waals surface area (Å²) in [4.78, 5) is 8.80. The molecule has 9 heteroatoms. The Kier molecular flexibility index (Phi) is 11.2. The molecule has 7 nitrogen and oxygen atoms in total. The van der Waals surface area contributed by atoms with Crippen LogP contribution in [0.25, 0.3) is 0 Å². The average molecular weight is 555 g/mol. The Balaban J connectivity index is 1.90. The van der Waals surface area contributed by atoms with Crippen LogP contribution in [0.1, 0.15) is 44.1 Å². The van der Waals surface area contributed by atoms with E-state index in [1.165, 1.54) is 11.6 Å². The molecule has 0 atom stereocenters. The second kappa shape index (κ2) is 14.4. The number of likely N-dealkylation sites (N-methyl/N-ethyl adjacent to an activating group) is 1. The molecule has 218 valence electrons. The molecule has 0 amide bonds. The fourth-order valence-corrected chi connectivity index (χ4v) is 4.94. The molecule has 0 unspecified atom stereocenters. The van der Waals surface area contributed by atoms with Gasteiger partial charge < -0.3 is 19.9 Å². The highest BCUT2D eigenvalue weighted by atomic mass is 19.2. The molecule has 1 aromatic heterocycles. The molecule has 0 spiro atoms. The Bertz CT molecular complexity index is 1290. The summed E-state index contributed by atoms with van der Waals surface area (Å²) >= 11 is 0. The summed E-state index contributed by atoms with van der Waals surface area (Å²) in [5.74, 6) is -0.270. The fourth-order valence-electron chi connectivity index (χ4n) is 4.94. The number of amidine groups is 1. The molecule has 0 bridgehead atoms. The first kappa shape index (κ1) is 31.2. The van der Waals surface area contributed by atoms with E-state index in [4.69, 9.17) is 9.84 Å². The van der Waals surface area contributed by atoms with Crippen molar-refractivity contribution in [3.8, 4) is 0 Å². The maximum atomic E-state index is 14.4. The summed E-state index contributed by atoms with van der Waals surface area (Å²) in [7, 11) is 8.02. The van der Waals surface area contributed by atoms with Crippen molar-refractivity contribution in [3.63, 3.8) is 0 Å². The minimum Gasteiger partial charge on any atom is -0.497 e. The number of aliphatic imine (C=N–C) groups is 1. The second-order valence-electron chi connectivity index (χ2n) is 10.5. The molecule has 0 saturated heterocycles. The van der Waals surface area contributed by atoms with Crippen molar-refractivity contribution >= 4 is 5.84 Å². The lowest BCUT2D eigenvalue weighted by molar-refractivity contribution is 0.215. The molecule has 2 aliphatic heterocycles. The van der Waals surface area contributed by atoms with Crippen molar-refractivity contribution in [2.75, 3.05) is 47.4 Å². The standard InChI is InChI=1S/C31H44F2N6O/c1-21(18-28(33)22(2)32)31(25-11-12-30-35-15-13-26(19-34-5)39(30)20-25)24(4)40-17-14-27-23(3)38(8)36-29(27)10-9-16-37(6)7/h11-13,18,20,34H,9-10,14-17,19H2,1-8H3/b21-18-,28-22-,31-24-. The monoisotopic (exact) mass is 554 g/mol. The summed E-state index contributed by atoms with van der Waals surface area (Å²) in [5.41, 5.74) is 6.64. The first-order chi connectivity index (χ1) is 19.0. The van der Waals surface area contributed by atoms with E-state index in [1.807, 2.05) is 49.0 Å². The summed E-state index contributed by atoms with van der Waals surface area (Å²) in [6.45, 7) is 9.59. The van der Waals surface area contributed by atoms with Gasteiger partial charge >= 0.3 is 0 Å². The van der Waals surface area contributed by atoms with Crippen LogP contribution < -0.4 is 5.32 Å². The molecule has 3 heterocycles. The Hall–Kier alpha value is -3.30. The lowest BCUT2D eigenvalue weighted by Crippen LogP contribution is -2.33. The number of rotatable bonds is 13. The topological polar surface area (TPSA) is 57.9 Å². The highest BCUT2D eigenvalue weighted by Gasteiger charge is 2.22. The molecule has 40 heavy (non-hydrogen) atoms. The SMILES string of the molecule is CNCC1=CCN=C2C=CC(C(/C(C)=C\C(F)=C(/C)F)=C(/C)OCCc3c(CCCN(C)C)nn(C)c3C)=CN12. The molecule has 3 rings (SSSR count). The van der Waals surface area contributed by atoms with Crippen molar-refractivity contribution in [1.82, 2.24) is 24.9 Å². The van der Waals surface area contributed by atoms with E-state index in [0.29, 0.717) is 37.4 Å². The lowest BCUT2D eigenvalue weighted by atomic mass is 9.95. The van der Waals surface area contributed by atoms with Crippen LogP contribution in [0.4, 0.5) is 8.78 Å². The largest absolute Gasteiger partial charge is 0.497 e. The van der Waals surface area contributed by atoms with Crippen LogP contribution in [0.5, 0.6) is 0 Å². The number of aromatic nitrogens is 2. The van der Waals surface area contributed by atoms with Gasteiger partial charge in [0.15, 0.2) is 5.83 Å². The van der Waals surface area contributed by atoms with Gasteiger partial charge in [-0.05, 0) is 104 Å². The van der Waals surface area contributed by atoms with Gasteiger partial charge in [0.25, 0.3) is 0 Å². The van der Waals surface area contributed by atoms with Crippen molar-refractivity contribution in [2.45, 2.75) is 47.0 Å². The molecule has 0 aliphatic carbocycles. The third-order valence-electron chi connectivity index (χ3n) is 7.11. The number of aryl methyl sites for hydroxylation is 2. The highest BCUT2D eigenvalue weighted by Crippen LogP contribution is 2.31. The van der Waals surface area contributed by atoms with E-state index >= 15 is 0 Å². The van der Waals surface area contributed by atoms with Gasteiger partial charge in [-0.1, -0.05) is 0 Å². The Morgan fingerprint density at radius 1 is 1.18 bits per heavy atom. The summed E-state index contributed by atoms with van der Waals surface area (Å²) < 4.78 is 36.3. The third-order valence-corrected chi connectivity index (χ3v) is 7.11. The molecular formula is C31H44F2N6O. The number of fused-ring (bicyclic) bond motifs is 1. The van der Waals surface area contributed by atoms with Crippen LogP contribution in [0.2, 0.25) is 0 Å². The van der Waals surface area contributed by atoms with Gasteiger partial charge in [0.2, 0.25) is 0 Å². The predicted octanol–water partition coefficient (Wildman–Crippen LogP) is 5.44. The zero-order chi connectivity index (χ0) is 29.4. The first-order valence-electron chi connectivity index (χ1n) is 13.8. The normalized spacial score (nSPS) is 16.8. The maximum absolute atomic E-state index is 14.4. The number of allylic oxidation sites excluding steroid dienone is 8. The van der Waals surface area contributed by atoms with E-state index in [0.717, 1.165) is 60.4 Å². The average Bonchev–Trinajstić information content (AvgIpc) is 3.16. The molecule has 0 radical (unpaired) electrons. The van der Waals surface area contributed by atoms with Crippen LogP contribution in [-0.2, 0) is 24.6 Å². The van der Waals surface area contributed by atoms with Gasteiger partial charge in [-0.3, -0.25) is 9.67 Å². The zero-order valence-electron chi connectivity index (χ0n) is 25.2. The Labute approximate surface area is 238 Å². The molecule has 0 aromatic carbocycles. The van der Waals surface area contributed by atoms with Crippen molar-refractivity contribution in [3.05, 3.63) is 87.3 Å². The van der Waals surface area contributed by atoms with E-state index in [-0.39, 0.29) is 0 Å². The number of hydrogen-bond acceptors (Lipinski definition) is 6. The summed E-state index contributed by atoms with van der Waals surface area (Å²) in [6.07, 6.45) is 11.8. The summed E-state index contributed by atoms with van der Waals surface area (Å²) in [6, 6.07) is 0. The van der Waals surface area contributed by atoms with Gasteiger partial charge in [0.05, 0.1) is 18.8 Å². The first-order valence-corrected chi connectivity index (χ1v) is 13.8. The molecule has 2 aliphatic rings. The third kappa shape index (κ3) is 7.88. The van der Waals surface area contributed by atoms with Gasteiger partial charge in [0, 0.05) is 48.8 Å². The number of nitrogens with one attached hydrogen (secondary N) is 1. The molecule has 0 fully saturated rings. The molecular weight excluding hydrogens is 510 g/mol. The van der Waals surface area contributed by atoms with Gasteiger partial charge in [-0.2, -0.15) is 5.10 Å². The van der Waals surface area contributed by atoms with Gasteiger partial charge in [0.1, 0.15) is 17.4 Å². The Morgan fingerprint density at radius 2 is 1.93 bits per heavy atom. The van der Waals surface area contributed by atoms with Gasteiger partial charge in [-0.25, -0.2) is 8.78 Å². The number of halogens is 2.